The number of alkyl halides is 3. The molecule has 0 unspecified atom stereocenters. The first-order chi connectivity index (χ1) is 8.27. The molecule has 1 rings (SSSR count). The Morgan fingerprint density at radius 3 is 2.44 bits per heavy atom. The van der Waals surface area contributed by atoms with Crippen molar-refractivity contribution in [2.75, 3.05) is 11.9 Å². The molecule has 9 heteroatoms. The van der Waals surface area contributed by atoms with Crippen LogP contribution in [-0.4, -0.2) is 29.6 Å². The summed E-state index contributed by atoms with van der Waals surface area (Å²) in [6.45, 7) is -0.483. The fourth-order valence-corrected chi connectivity index (χ4v) is 1.41. The highest BCUT2D eigenvalue weighted by Crippen LogP contribution is 2.33. The van der Waals surface area contributed by atoms with Gasteiger partial charge in [0.1, 0.15) is 0 Å². The van der Waals surface area contributed by atoms with Crippen molar-refractivity contribution in [1.82, 2.24) is 0 Å². The van der Waals surface area contributed by atoms with Crippen LogP contribution in [0.4, 0.5) is 18.9 Å². The number of anilines is 1. The van der Waals surface area contributed by atoms with Gasteiger partial charge in [-0.2, -0.15) is 13.2 Å². The normalized spacial score (nSPS) is 11.2. The summed E-state index contributed by atoms with van der Waals surface area (Å²) < 4.78 is 38.5. The quantitative estimate of drug-likeness (QED) is 0.541. The van der Waals surface area contributed by atoms with Crippen molar-refractivity contribution in [3.63, 3.8) is 0 Å². The number of nitrogens with two attached hydrogens (primary N) is 1. The highest BCUT2D eigenvalue weighted by molar-refractivity contribution is 6.59. The third-order valence-corrected chi connectivity index (χ3v) is 2.12. The Balaban J connectivity index is 3.33. The van der Waals surface area contributed by atoms with Crippen LogP contribution in [0, 0.1) is 0 Å². The molecule has 0 aliphatic carbocycles. The van der Waals surface area contributed by atoms with E-state index in [1.807, 2.05) is 5.32 Å². The lowest BCUT2D eigenvalue weighted by atomic mass is 9.76. The minimum Gasteiger partial charge on any atom is -0.423 e. The third kappa shape index (κ3) is 3.22. The maximum Gasteiger partial charge on any atom is 0.489 e. The van der Waals surface area contributed by atoms with Crippen LogP contribution in [0.2, 0.25) is 0 Å². The van der Waals surface area contributed by atoms with Crippen LogP contribution in [-0.2, 0) is 11.0 Å². The second kappa shape index (κ2) is 5.38. The van der Waals surface area contributed by atoms with Crippen LogP contribution < -0.4 is 16.5 Å². The summed E-state index contributed by atoms with van der Waals surface area (Å²) in [6, 6.07) is 3.07. The topological polar surface area (TPSA) is 95.6 Å². The van der Waals surface area contributed by atoms with Crippen molar-refractivity contribution in [1.29, 1.82) is 0 Å². The fourth-order valence-electron chi connectivity index (χ4n) is 1.41. The van der Waals surface area contributed by atoms with E-state index < -0.39 is 42.5 Å². The standard InChI is InChI=1S/C9H10BF3N2O3/c11-9(12,13)8-5(10(17)18)2-1-3-6(8)15-7(16)4-14/h1-3,17-18H,4,14H2,(H,15,16). The van der Waals surface area contributed by atoms with E-state index in [9.17, 15) is 18.0 Å². The maximum absolute atomic E-state index is 12.8. The summed E-state index contributed by atoms with van der Waals surface area (Å²) in [5.41, 5.74) is 2.38. The minimum absolute atomic E-state index is 0.483. The molecule has 0 atom stereocenters. The Hall–Kier alpha value is -1.58. The maximum atomic E-state index is 12.8. The highest BCUT2D eigenvalue weighted by atomic mass is 19.4. The van der Waals surface area contributed by atoms with Gasteiger partial charge in [-0.15, -0.1) is 0 Å². The van der Waals surface area contributed by atoms with E-state index in [4.69, 9.17) is 15.8 Å². The van der Waals surface area contributed by atoms with Gasteiger partial charge in [-0.25, -0.2) is 0 Å². The van der Waals surface area contributed by atoms with Crippen molar-refractivity contribution in [2.24, 2.45) is 5.73 Å². The molecular formula is C9H10BF3N2O3. The van der Waals surface area contributed by atoms with E-state index in [2.05, 4.69) is 0 Å². The number of rotatable bonds is 3. The average molecular weight is 262 g/mol. The van der Waals surface area contributed by atoms with Crippen molar-refractivity contribution in [3.05, 3.63) is 23.8 Å². The molecular weight excluding hydrogens is 252 g/mol. The Morgan fingerprint density at radius 1 is 1.39 bits per heavy atom. The van der Waals surface area contributed by atoms with Gasteiger partial charge in [-0.05, 0) is 11.5 Å². The zero-order valence-electron chi connectivity index (χ0n) is 9.03. The smallest absolute Gasteiger partial charge is 0.423 e. The molecule has 0 saturated heterocycles. The summed E-state index contributed by atoms with van der Waals surface area (Å²) >= 11 is 0. The Labute approximate surface area is 101 Å². The number of amides is 1. The van der Waals surface area contributed by atoms with Crippen LogP contribution in [0.5, 0.6) is 0 Å². The zero-order valence-corrected chi connectivity index (χ0v) is 9.03. The first kappa shape index (κ1) is 14.5. The van der Waals surface area contributed by atoms with E-state index in [-0.39, 0.29) is 0 Å². The molecule has 18 heavy (non-hydrogen) atoms. The van der Waals surface area contributed by atoms with Gasteiger partial charge in [-0.3, -0.25) is 4.79 Å². The predicted octanol–water partition coefficient (Wildman–Crippen LogP) is -0.718. The van der Waals surface area contributed by atoms with Crippen LogP contribution in [0.1, 0.15) is 5.56 Å². The van der Waals surface area contributed by atoms with Gasteiger partial charge in [0.05, 0.1) is 17.8 Å². The molecule has 5 N–H and O–H groups in total. The Bertz CT molecular complexity index is 451. The molecule has 0 radical (unpaired) electrons. The van der Waals surface area contributed by atoms with Gasteiger partial charge in [0, 0.05) is 0 Å². The van der Waals surface area contributed by atoms with Crippen LogP contribution in [0.3, 0.4) is 0 Å². The average Bonchev–Trinajstić information content (AvgIpc) is 2.26. The number of carbonyl (C=O) groups is 1. The number of carbonyl (C=O) groups excluding carboxylic acids is 1. The van der Waals surface area contributed by atoms with Gasteiger partial charge < -0.3 is 21.1 Å². The van der Waals surface area contributed by atoms with Crippen LogP contribution in [0.15, 0.2) is 18.2 Å². The lowest BCUT2D eigenvalue weighted by molar-refractivity contribution is -0.136. The van der Waals surface area contributed by atoms with Crippen molar-refractivity contribution in [3.8, 4) is 0 Å². The van der Waals surface area contributed by atoms with E-state index in [1.54, 1.807) is 0 Å². The molecule has 1 aromatic carbocycles. The molecule has 0 saturated carbocycles. The van der Waals surface area contributed by atoms with Crippen LogP contribution in [0.25, 0.3) is 0 Å². The number of nitrogens with one attached hydrogen (secondary N) is 1. The van der Waals surface area contributed by atoms with Gasteiger partial charge in [-0.1, -0.05) is 12.1 Å². The van der Waals surface area contributed by atoms with Gasteiger partial charge >= 0.3 is 13.3 Å². The zero-order chi connectivity index (χ0) is 13.9. The summed E-state index contributed by atoms with van der Waals surface area (Å²) in [5.74, 6) is -0.815. The lowest BCUT2D eigenvalue weighted by Crippen LogP contribution is -2.37. The summed E-state index contributed by atoms with van der Waals surface area (Å²) in [6.07, 6.45) is -4.84. The number of benzene rings is 1. The molecule has 1 amide bonds. The molecule has 1 aromatic rings. The number of halogens is 3. The predicted molar refractivity (Wildman–Crippen MR) is 59.0 cm³/mol. The van der Waals surface area contributed by atoms with Crippen molar-refractivity contribution in [2.45, 2.75) is 6.18 Å². The largest absolute Gasteiger partial charge is 0.489 e. The molecule has 0 spiro atoms. The summed E-state index contributed by atoms with van der Waals surface area (Å²) in [4.78, 5) is 11.0. The fraction of sp³-hybridized carbons (Fsp3) is 0.222. The SMILES string of the molecule is NCC(=O)Nc1cccc(B(O)O)c1C(F)(F)F. The summed E-state index contributed by atoms with van der Waals surface area (Å²) in [7, 11) is -2.30. The Morgan fingerprint density at radius 2 is 2.00 bits per heavy atom. The monoisotopic (exact) mass is 262 g/mol. The molecule has 0 bridgehead atoms. The van der Waals surface area contributed by atoms with Crippen molar-refractivity contribution >= 4 is 24.2 Å². The Kier molecular flexibility index (Phi) is 4.33. The minimum atomic E-state index is -4.84. The van der Waals surface area contributed by atoms with Gasteiger partial charge in [0.15, 0.2) is 0 Å². The summed E-state index contributed by atoms with van der Waals surface area (Å²) in [5, 5.41) is 19.8. The lowest BCUT2D eigenvalue weighted by Gasteiger charge is -2.17. The molecule has 0 aliphatic heterocycles. The molecule has 98 valence electrons. The molecule has 5 nitrogen and oxygen atoms in total. The second-order valence-corrected chi connectivity index (χ2v) is 3.39. The molecule has 0 fully saturated rings. The number of hydrogen-bond donors (Lipinski definition) is 4. The molecule has 0 heterocycles. The van der Waals surface area contributed by atoms with Gasteiger partial charge in [0.2, 0.25) is 5.91 Å². The van der Waals surface area contributed by atoms with E-state index in [0.29, 0.717) is 0 Å². The van der Waals surface area contributed by atoms with E-state index >= 15 is 0 Å². The van der Waals surface area contributed by atoms with Crippen molar-refractivity contribution < 1.29 is 28.0 Å². The molecule has 0 aliphatic rings. The molecule has 0 aromatic heterocycles. The number of hydrogen-bond acceptors (Lipinski definition) is 4. The third-order valence-electron chi connectivity index (χ3n) is 2.12. The van der Waals surface area contributed by atoms with Gasteiger partial charge in [0.25, 0.3) is 0 Å². The highest BCUT2D eigenvalue weighted by Gasteiger charge is 2.39. The van der Waals surface area contributed by atoms with E-state index in [0.717, 1.165) is 18.2 Å². The second-order valence-electron chi connectivity index (χ2n) is 3.39. The van der Waals surface area contributed by atoms with E-state index in [1.165, 1.54) is 0 Å². The first-order valence-corrected chi connectivity index (χ1v) is 4.83. The first-order valence-electron chi connectivity index (χ1n) is 4.83. The van der Waals surface area contributed by atoms with Crippen LogP contribution >= 0.6 is 0 Å².